The molecule has 2 aromatic heterocycles. The van der Waals surface area contributed by atoms with Crippen LogP contribution in [0.1, 0.15) is 27.6 Å². The molecule has 3 aromatic rings. The fourth-order valence-corrected chi connectivity index (χ4v) is 2.12. The number of benzene rings is 1. The van der Waals surface area contributed by atoms with E-state index in [-0.39, 0.29) is 17.8 Å². The normalized spacial score (nSPS) is 10.8. The standard InChI is InChI=1S/C16H13NO5/c1-9-12(10(2)22-17-9)8-20-16(19)15-7-13(18)11-5-3-4-6-14(11)21-15/h3-7H,8H2,1-2H3. The smallest absolute Gasteiger partial charge is 0.374 e. The van der Waals surface area contributed by atoms with Crippen molar-refractivity contribution >= 4 is 16.9 Å². The highest BCUT2D eigenvalue weighted by Gasteiger charge is 2.16. The average molecular weight is 299 g/mol. The Bertz CT molecular complexity index is 887. The molecular formula is C16H13NO5. The molecule has 0 saturated heterocycles. The molecule has 0 fully saturated rings. The molecular weight excluding hydrogens is 286 g/mol. The Morgan fingerprint density at radius 2 is 2.05 bits per heavy atom. The maximum atomic E-state index is 12.1. The summed E-state index contributed by atoms with van der Waals surface area (Å²) in [6.07, 6.45) is 0. The Morgan fingerprint density at radius 1 is 1.27 bits per heavy atom. The van der Waals surface area contributed by atoms with Gasteiger partial charge in [-0.15, -0.1) is 0 Å². The summed E-state index contributed by atoms with van der Waals surface area (Å²) in [6.45, 7) is 3.51. The van der Waals surface area contributed by atoms with Crippen LogP contribution in [-0.4, -0.2) is 11.1 Å². The minimum absolute atomic E-state index is 0.0105. The van der Waals surface area contributed by atoms with Crippen molar-refractivity contribution in [3.63, 3.8) is 0 Å². The van der Waals surface area contributed by atoms with Crippen molar-refractivity contribution in [2.45, 2.75) is 20.5 Å². The van der Waals surface area contributed by atoms with Crippen LogP contribution in [-0.2, 0) is 11.3 Å². The van der Waals surface area contributed by atoms with Gasteiger partial charge in [0.25, 0.3) is 0 Å². The molecule has 0 aliphatic carbocycles. The fourth-order valence-electron chi connectivity index (χ4n) is 2.12. The van der Waals surface area contributed by atoms with Gasteiger partial charge in [0.15, 0.2) is 5.43 Å². The topological polar surface area (TPSA) is 82.5 Å². The van der Waals surface area contributed by atoms with Gasteiger partial charge in [-0.1, -0.05) is 17.3 Å². The molecule has 0 radical (unpaired) electrons. The molecule has 2 heterocycles. The quantitative estimate of drug-likeness (QED) is 0.691. The van der Waals surface area contributed by atoms with Gasteiger partial charge in [0.1, 0.15) is 18.0 Å². The second-order valence-corrected chi connectivity index (χ2v) is 4.85. The van der Waals surface area contributed by atoms with Crippen molar-refractivity contribution in [1.82, 2.24) is 5.16 Å². The number of hydrogen-bond donors (Lipinski definition) is 0. The van der Waals surface area contributed by atoms with Crippen LogP contribution in [0.4, 0.5) is 0 Å². The summed E-state index contributed by atoms with van der Waals surface area (Å²) in [5.41, 5.74) is 1.42. The van der Waals surface area contributed by atoms with E-state index < -0.39 is 5.97 Å². The molecule has 6 heteroatoms. The lowest BCUT2D eigenvalue weighted by molar-refractivity contribution is 0.0435. The second-order valence-electron chi connectivity index (χ2n) is 4.85. The monoisotopic (exact) mass is 299 g/mol. The third kappa shape index (κ3) is 2.50. The largest absolute Gasteiger partial charge is 0.455 e. The number of aryl methyl sites for hydroxylation is 2. The summed E-state index contributed by atoms with van der Waals surface area (Å²) in [4.78, 5) is 24.0. The fraction of sp³-hybridized carbons (Fsp3) is 0.188. The first-order chi connectivity index (χ1) is 10.6. The number of carbonyl (C=O) groups excluding carboxylic acids is 1. The predicted octanol–water partition coefficient (Wildman–Crippen LogP) is 2.75. The minimum Gasteiger partial charge on any atom is -0.455 e. The van der Waals surface area contributed by atoms with Gasteiger partial charge in [-0.05, 0) is 26.0 Å². The van der Waals surface area contributed by atoms with Crippen LogP contribution in [0.3, 0.4) is 0 Å². The lowest BCUT2D eigenvalue weighted by Gasteiger charge is -2.04. The van der Waals surface area contributed by atoms with E-state index >= 15 is 0 Å². The minimum atomic E-state index is -0.706. The van der Waals surface area contributed by atoms with Crippen LogP contribution in [0.5, 0.6) is 0 Å². The first kappa shape index (κ1) is 14.1. The highest BCUT2D eigenvalue weighted by Crippen LogP contribution is 2.16. The van der Waals surface area contributed by atoms with Gasteiger partial charge < -0.3 is 13.7 Å². The molecule has 22 heavy (non-hydrogen) atoms. The molecule has 1 aromatic carbocycles. The predicted molar refractivity (Wildman–Crippen MR) is 77.6 cm³/mol. The molecule has 0 amide bonds. The Balaban J connectivity index is 1.85. The molecule has 112 valence electrons. The average Bonchev–Trinajstić information content (AvgIpc) is 2.83. The van der Waals surface area contributed by atoms with Crippen molar-refractivity contribution in [2.75, 3.05) is 0 Å². The zero-order valence-electron chi connectivity index (χ0n) is 12.1. The number of para-hydroxylation sites is 1. The van der Waals surface area contributed by atoms with E-state index in [9.17, 15) is 9.59 Å². The van der Waals surface area contributed by atoms with E-state index in [4.69, 9.17) is 13.7 Å². The SMILES string of the molecule is Cc1noc(C)c1COC(=O)c1cc(=O)c2ccccc2o1. The number of aromatic nitrogens is 1. The summed E-state index contributed by atoms with van der Waals surface area (Å²) in [5, 5.41) is 4.20. The molecule has 0 atom stereocenters. The Morgan fingerprint density at radius 3 is 2.77 bits per heavy atom. The van der Waals surface area contributed by atoms with Crippen molar-refractivity contribution in [1.29, 1.82) is 0 Å². The zero-order chi connectivity index (χ0) is 15.7. The molecule has 0 spiro atoms. The molecule has 0 saturated carbocycles. The number of carbonyl (C=O) groups is 1. The third-order valence-electron chi connectivity index (χ3n) is 3.36. The highest BCUT2D eigenvalue weighted by molar-refractivity contribution is 5.88. The Labute approximate surface area is 125 Å². The number of hydrogen-bond acceptors (Lipinski definition) is 6. The van der Waals surface area contributed by atoms with E-state index in [1.54, 1.807) is 38.1 Å². The maximum Gasteiger partial charge on any atom is 0.374 e. The van der Waals surface area contributed by atoms with Gasteiger partial charge in [0, 0.05) is 6.07 Å². The summed E-state index contributed by atoms with van der Waals surface area (Å²) < 4.78 is 15.6. The first-order valence-corrected chi connectivity index (χ1v) is 6.68. The van der Waals surface area contributed by atoms with Crippen LogP contribution in [0.15, 0.2) is 44.1 Å². The molecule has 0 aliphatic rings. The van der Waals surface area contributed by atoms with Gasteiger partial charge in [0.2, 0.25) is 5.76 Å². The van der Waals surface area contributed by atoms with Gasteiger partial charge in [-0.2, -0.15) is 0 Å². The van der Waals surface area contributed by atoms with Crippen molar-refractivity contribution < 1.29 is 18.5 Å². The van der Waals surface area contributed by atoms with Crippen molar-refractivity contribution in [3.8, 4) is 0 Å². The number of esters is 1. The van der Waals surface area contributed by atoms with Crippen LogP contribution >= 0.6 is 0 Å². The van der Waals surface area contributed by atoms with Crippen molar-refractivity contribution in [2.24, 2.45) is 0 Å². The van der Waals surface area contributed by atoms with Crippen LogP contribution in [0.25, 0.3) is 11.0 Å². The molecule has 0 unspecified atom stereocenters. The molecule has 0 N–H and O–H groups in total. The third-order valence-corrected chi connectivity index (χ3v) is 3.36. The van der Waals surface area contributed by atoms with E-state index in [0.717, 1.165) is 6.07 Å². The number of rotatable bonds is 3. The summed E-state index contributed by atoms with van der Waals surface area (Å²) in [5.74, 6) is -0.247. The van der Waals surface area contributed by atoms with Crippen LogP contribution in [0.2, 0.25) is 0 Å². The first-order valence-electron chi connectivity index (χ1n) is 6.68. The van der Waals surface area contributed by atoms with Crippen LogP contribution < -0.4 is 5.43 Å². The maximum absolute atomic E-state index is 12.1. The number of fused-ring (bicyclic) bond motifs is 1. The Hall–Kier alpha value is -2.89. The lowest BCUT2D eigenvalue weighted by atomic mass is 10.2. The van der Waals surface area contributed by atoms with Gasteiger partial charge in [-0.25, -0.2) is 4.79 Å². The molecule has 6 nitrogen and oxygen atoms in total. The van der Waals surface area contributed by atoms with E-state index in [1.165, 1.54) is 0 Å². The number of nitrogens with zero attached hydrogens (tertiary/aromatic N) is 1. The van der Waals surface area contributed by atoms with E-state index in [1.807, 2.05) is 0 Å². The van der Waals surface area contributed by atoms with Crippen LogP contribution in [0, 0.1) is 13.8 Å². The second kappa shape index (κ2) is 5.48. The van der Waals surface area contributed by atoms with Gasteiger partial charge >= 0.3 is 5.97 Å². The van der Waals surface area contributed by atoms with Gasteiger partial charge in [0.05, 0.1) is 16.6 Å². The highest BCUT2D eigenvalue weighted by atomic mass is 16.5. The summed E-state index contributed by atoms with van der Waals surface area (Å²) in [7, 11) is 0. The van der Waals surface area contributed by atoms with Crippen molar-refractivity contribution in [3.05, 3.63) is 63.3 Å². The lowest BCUT2D eigenvalue weighted by Crippen LogP contribution is -2.10. The molecule has 3 rings (SSSR count). The molecule has 0 bridgehead atoms. The van der Waals surface area contributed by atoms with E-state index in [2.05, 4.69) is 5.16 Å². The van der Waals surface area contributed by atoms with Gasteiger partial charge in [-0.3, -0.25) is 4.79 Å². The number of ether oxygens (including phenoxy) is 1. The molecule has 0 aliphatic heterocycles. The summed E-state index contributed by atoms with van der Waals surface area (Å²) >= 11 is 0. The summed E-state index contributed by atoms with van der Waals surface area (Å²) in [6, 6.07) is 7.86. The Kier molecular flexibility index (Phi) is 3.50. The zero-order valence-corrected chi connectivity index (χ0v) is 12.1. The van der Waals surface area contributed by atoms with E-state index in [0.29, 0.717) is 28.0 Å².